The average molecular weight is 274 g/mol. The molecule has 3 rings (SSSR count). The zero-order valence-corrected chi connectivity index (χ0v) is 11.1. The topological polar surface area (TPSA) is 53.4 Å². The van der Waals surface area contributed by atoms with Crippen molar-refractivity contribution in [2.24, 2.45) is 0 Å². The smallest absolute Gasteiger partial charge is 0.321 e. The highest BCUT2D eigenvalue weighted by Gasteiger charge is 2.31. The summed E-state index contributed by atoms with van der Waals surface area (Å²) in [5, 5.41) is 9.41. The number of fused-ring (bicyclic) bond motifs is 1. The molecule has 1 atom stereocenters. The number of thiazole rings is 1. The van der Waals surface area contributed by atoms with Crippen LogP contribution in [-0.2, 0) is 24.3 Å². The monoisotopic (exact) mass is 274 g/mol. The van der Waals surface area contributed by atoms with Crippen LogP contribution in [0, 0.1) is 0 Å². The predicted octanol–water partition coefficient (Wildman–Crippen LogP) is 2.15. The Hall–Kier alpha value is -1.72. The first kappa shape index (κ1) is 12.3. The van der Waals surface area contributed by atoms with Crippen LogP contribution in [-0.4, -0.2) is 27.0 Å². The summed E-state index contributed by atoms with van der Waals surface area (Å²) in [6.07, 6.45) is 2.38. The molecule has 2 heterocycles. The number of rotatable bonds is 3. The molecule has 5 heteroatoms. The average Bonchev–Trinajstić information content (AvgIpc) is 2.90. The Balaban J connectivity index is 1.87. The van der Waals surface area contributed by atoms with Crippen LogP contribution in [0.1, 0.15) is 16.0 Å². The highest BCUT2D eigenvalue weighted by atomic mass is 32.1. The fourth-order valence-electron chi connectivity index (χ4n) is 2.51. The van der Waals surface area contributed by atoms with Crippen molar-refractivity contribution < 1.29 is 9.90 Å². The van der Waals surface area contributed by atoms with Crippen LogP contribution >= 0.6 is 11.3 Å². The first-order chi connectivity index (χ1) is 9.24. The third-order valence-electron chi connectivity index (χ3n) is 3.47. The number of carboxylic acid groups (broad SMARTS) is 1. The third kappa shape index (κ3) is 2.52. The van der Waals surface area contributed by atoms with E-state index in [1.54, 1.807) is 16.8 Å². The summed E-state index contributed by atoms with van der Waals surface area (Å²) < 4.78 is 0. The van der Waals surface area contributed by atoms with E-state index in [0.717, 1.165) is 10.4 Å². The Kier molecular flexibility index (Phi) is 3.31. The van der Waals surface area contributed by atoms with Crippen molar-refractivity contribution in [1.82, 2.24) is 9.88 Å². The lowest BCUT2D eigenvalue weighted by molar-refractivity contribution is -0.144. The number of aromatic nitrogens is 1. The molecule has 0 unspecified atom stereocenters. The number of aliphatic carboxylic acids is 1. The van der Waals surface area contributed by atoms with E-state index in [-0.39, 0.29) is 0 Å². The molecule has 19 heavy (non-hydrogen) atoms. The van der Waals surface area contributed by atoms with Gasteiger partial charge >= 0.3 is 5.97 Å². The van der Waals surface area contributed by atoms with Gasteiger partial charge in [0, 0.05) is 24.2 Å². The van der Waals surface area contributed by atoms with Gasteiger partial charge in [-0.25, -0.2) is 0 Å². The number of hydrogen-bond acceptors (Lipinski definition) is 4. The Morgan fingerprint density at radius 1 is 1.42 bits per heavy atom. The number of carbonyl (C=O) groups is 1. The van der Waals surface area contributed by atoms with Crippen LogP contribution in [0.5, 0.6) is 0 Å². The SMILES string of the molecule is O=C(O)[C@@H]1Cc2ccccc2CN1Cc1cncs1. The molecule has 4 nitrogen and oxygen atoms in total. The van der Waals surface area contributed by atoms with Crippen LogP contribution in [0.25, 0.3) is 0 Å². The van der Waals surface area contributed by atoms with E-state index in [4.69, 9.17) is 0 Å². The Bertz CT molecular complexity index is 583. The summed E-state index contributed by atoms with van der Waals surface area (Å²) in [4.78, 5) is 18.6. The quantitative estimate of drug-likeness (QED) is 0.932. The number of carboxylic acids is 1. The minimum atomic E-state index is -0.751. The molecule has 1 aromatic heterocycles. The summed E-state index contributed by atoms with van der Waals surface area (Å²) in [6, 6.07) is 7.63. The molecule has 2 aromatic rings. The summed E-state index contributed by atoms with van der Waals surface area (Å²) in [5.41, 5.74) is 4.16. The van der Waals surface area contributed by atoms with Gasteiger partial charge in [0.15, 0.2) is 0 Å². The maximum atomic E-state index is 11.4. The van der Waals surface area contributed by atoms with Crippen molar-refractivity contribution in [1.29, 1.82) is 0 Å². The predicted molar refractivity (Wildman–Crippen MR) is 72.9 cm³/mol. The summed E-state index contributed by atoms with van der Waals surface area (Å²) in [7, 11) is 0. The van der Waals surface area contributed by atoms with Crippen molar-refractivity contribution in [2.75, 3.05) is 0 Å². The molecule has 0 radical (unpaired) electrons. The van der Waals surface area contributed by atoms with Crippen molar-refractivity contribution in [3.05, 3.63) is 52.0 Å². The molecule has 0 aliphatic carbocycles. The number of nitrogens with zero attached hydrogens (tertiary/aromatic N) is 2. The van der Waals surface area contributed by atoms with E-state index >= 15 is 0 Å². The first-order valence-corrected chi connectivity index (χ1v) is 7.03. The first-order valence-electron chi connectivity index (χ1n) is 6.15. The summed E-state index contributed by atoms with van der Waals surface area (Å²) in [5.74, 6) is -0.751. The molecule has 1 aliphatic rings. The zero-order valence-electron chi connectivity index (χ0n) is 10.3. The fourth-order valence-corrected chi connectivity index (χ4v) is 3.13. The highest BCUT2D eigenvalue weighted by Crippen LogP contribution is 2.25. The van der Waals surface area contributed by atoms with E-state index in [1.165, 1.54) is 5.56 Å². The summed E-state index contributed by atoms with van der Waals surface area (Å²) >= 11 is 1.57. The Labute approximate surface area is 115 Å². The molecule has 1 N–H and O–H groups in total. The zero-order chi connectivity index (χ0) is 13.2. The standard InChI is InChI=1S/C14H14N2O2S/c17-14(18)13-5-10-3-1-2-4-11(10)7-16(13)8-12-6-15-9-19-12/h1-4,6,9,13H,5,7-8H2,(H,17,18)/t13-/m0/s1. The molecule has 1 aromatic carbocycles. The van der Waals surface area contributed by atoms with Crippen molar-refractivity contribution >= 4 is 17.3 Å². The van der Waals surface area contributed by atoms with Crippen molar-refractivity contribution in [3.8, 4) is 0 Å². The lowest BCUT2D eigenvalue weighted by Crippen LogP contribution is -2.44. The number of benzene rings is 1. The normalized spacial score (nSPS) is 19.1. The molecule has 0 saturated heterocycles. The minimum absolute atomic E-state index is 0.447. The second-order valence-corrected chi connectivity index (χ2v) is 5.67. The van der Waals surface area contributed by atoms with Crippen LogP contribution in [0.4, 0.5) is 0 Å². The molecule has 98 valence electrons. The number of hydrogen-bond donors (Lipinski definition) is 1. The van der Waals surface area contributed by atoms with Crippen LogP contribution in [0.3, 0.4) is 0 Å². The van der Waals surface area contributed by atoms with E-state index in [0.29, 0.717) is 19.5 Å². The molecule has 0 spiro atoms. The van der Waals surface area contributed by atoms with Crippen LogP contribution in [0.15, 0.2) is 36.0 Å². The third-order valence-corrected chi connectivity index (χ3v) is 4.24. The van der Waals surface area contributed by atoms with Crippen molar-refractivity contribution in [2.45, 2.75) is 25.6 Å². The van der Waals surface area contributed by atoms with Gasteiger partial charge in [0.25, 0.3) is 0 Å². The van der Waals surface area contributed by atoms with Crippen LogP contribution in [0.2, 0.25) is 0 Å². The van der Waals surface area contributed by atoms with Gasteiger partial charge in [-0.2, -0.15) is 0 Å². The van der Waals surface area contributed by atoms with Gasteiger partial charge in [-0.1, -0.05) is 24.3 Å². The molecule has 1 aliphatic heterocycles. The fraction of sp³-hybridized carbons (Fsp3) is 0.286. The second kappa shape index (κ2) is 5.11. The Morgan fingerprint density at radius 2 is 2.21 bits per heavy atom. The molecule has 0 bridgehead atoms. The Morgan fingerprint density at radius 3 is 2.89 bits per heavy atom. The highest BCUT2D eigenvalue weighted by molar-refractivity contribution is 7.09. The minimum Gasteiger partial charge on any atom is -0.480 e. The lowest BCUT2D eigenvalue weighted by atomic mass is 9.94. The van der Waals surface area contributed by atoms with Gasteiger partial charge in [0.1, 0.15) is 6.04 Å². The largest absolute Gasteiger partial charge is 0.480 e. The van der Waals surface area contributed by atoms with Gasteiger partial charge in [-0.05, 0) is 17.5 Å². The molecular weight excluding hydrogens is 260 g/mol. The molecular formula is C14H14N2O2S. The van der Waals surface area contributed by atoms with Gasteiger partial charge in [0.2, 0.25) is 0 Å². The van der Waals surface area contributed by atoms with Gasteiger partial charge in [-0.15, -0.1) is 11.3 Å². The van der Waals surface area contributed by atoms with Crippen molar-refractivity contribution in [3.63, 3.8) is 0 Å². The molecule has 0 saturated carbocycles. The maximum absolute atomic E-state index is 11.4. The van der Waals surface area contributed by atoms with E-state index in [1.807, 2.05) is 29.3 Å². The molecule has 0 amide bonds. The maximum Gasteiger partial charge on any atom is 0.321 e. The van der Waals surface area contributed by atoms with Crippen LogP contribution < -0.4 is 0 Å². The van der Waals surface area contributed by atoms with E-state index < -0.39 is 12.0 Å². The summed E-state index contributed by atoms with van der Waals surface area (Å²) in [6.45, 7) is 1.33. The van der Waals surface area contributed by atoms with Gasteiger partial charge < -0.3 is 5.11 Å². The van der Waals surface area contributed by atoms with Gasteiger partial charge in [-0.3, -0.25) is 14.7 Å². The van der Waals surface area contributed by atoms with E-state index in [2.05, 4.69) is 11.1 Å². The van der Waals surface area contributed by atoms with Gasteiger partial charge in [0.05, 0.1) is 5.51 Å². The van der Waals surface area contributed by atoms with E-state index in [9.17, 15) is 9.90 Å². The second-order valence-electron chi connectivity index (χ2n) is 4.70. The molecule has 0 fully saturated rings. The lowest BCUT2D eigenvalue weighted by Gasteiger charge is -2.33.